The highest BCUT2D eigenvalue weighted by molar-refractivity contribution is 5.92. The van der Waals surface area contributed by atoms with Gasteiger partial charge in [0, 0.05) is 25.7 Å². The van der Waals surface area contributed by atoms with Gasteiger partial charge in [0.1, 0.15) is 11.6 Å². The van der Waals surface area contributed by atoms with E-state index >= 15 is 0 Å². The first-order valence-corrected chi connectivity index (χ1v) is 8.68. The molecule has 3 aromatic rings. The monoisotopic (exact) mass is 369 g/mol. The van der Waals surface area contributed by atoms with Crippen molar-refractivity contribution in [2.75, 3.05) is 19.4 Å². The number of H-pyrrole nitrogens is 1. The van der Waals surface area contributed by atoms with Crippen LogP contribution in [0.4, 0.5) is 10.5 Å². The maximum atomic E-state index is 12.1. The predicted molar refractivity (Wildman–Crippen MR) is 103 cm³/mol. The van der Waals surface area contributed by atoms with Crippen LogP contribution in [0.5, 0.6) is 0 Å². The summed E-state index contributed by atoms with van der Waals surface area (Å²) >= 11 is 0. The van der Waals surface area contributed by atoms with E-state index in [0.29, 0.717) is 17.4 Å². The number of anilines is 1. The third-order valence-corrected chi connectivity index (χ3v) is 4.01. The van der Waals surface area contributed by atoms with Crippen molar-refractivity contribution in [3.05, 3.63) is 47.7 Å². The van der Waals surface area contributed by atoms with E-state index in [9.17, 15) is 9.59 Å². The zero-order valence-electron chi connectivity index (χ0n) is 15.8. The molecule has 142 valence electrons. The Balaban J connectivity index is 1.59. The van der Waals surface area contributed by atoms with Gasteiger partial charge < -0.3 is 24.9 Å². The molecule has 1 aromatic carbocycles. The molecule has 3 N–H and O–H groups in total. The predicted octanol–water partition coefficient (Wildman–Crippen LogP) is 3.30. The number of aromatic nitrogens is 2. The Bertz CT molecular complexity index is 971. The van der Waals surface area contributed by atoms with Gasteiger partial charge in [-0.15, -0.1) is 0 Å². The molecule has 0 fully saturated rings. The number of furan rings is 1. The average molecular weight is 369 g/mol. The largest absolute Gasteiger partial charge is 0.454 e. The molecule has 0 aliphatic carbocycles. The highest BCUT2D eigenvalue weighted by atomic mass is 16.4. The van der Waals surface area contributed by atoms with Gasteiger partial charge in [0.05, 0.1) is 17.6 Å². The van der Waals surface area contributed by atoms with Crippen molar-refractivity contribution >= 4 is 28.7 Å². The fourth-order valence-electron chi connectivity index (χ4n) is 2.53. The minimum atomic E-state index is -0.366. The third kappa shape index (κ3) is 4.28. The standard InChI is InChI=1S/C19H23N5O3/c1-11(2)17-22-14-7-5-12(9-15(14)23-17)21-19(26)20-10-13-6-8-16(27-13)18(25)24(3)4/h5-9,11H,10H2,1-4H3,(H,22,23)(H2,20,21,26). The van der Waals surface area contributed by atoms with Gasteiger partial charge in [0.2, 0.25) is 0 Å². The van der Waals surface area contributed by atoms with Gasteiger partial charge in [-0.3, -0.25) is 4.79 Å². The molecule has 0 unspecified atom stereocenters. The van der Waals surface area contributed by atoms with E-state index < -0.39 is 0 Å². The molecule has 8 nitrogen and oxygen atoms in total. The molecule has 2 heterocycles. The second-order valence-electron chi connectivity index (χ2n) is 6.78. The Labute approximate surface area is 156 Å². The summed E-state index contributed by atoms with van der Waals surface area (Å²) < 4.78 is 5.44. The molecular formula is C19H23N5O3. The van der Waals surface area contributed by atoms with Crippen molar-refractivity contribution in [3.63, 3.8) is 0 Å². The summed E-state index contributed by atoms with van der Waals surface area (Å²) in [6, 6.07) is 8.40. The van der Waals surface area contributed by atoms with E-state index in [-0.39, 0.29) is 24.2 Å². The van der Waals surface area contributed by atoms with Gasteiger partial charge in [0.15, 0.2) is 5.76 Å². The molecule has 0 atom stereocenters. The quantitative estimate of drug-likeness (QED) is 0.642. The lowest BCUT2D eigenvalue weighted by atomic mass is 10.2. The molecule has 8 heteroatoms. The summed E-state index contributed by atoms with van der Waals surface area (Å²) in [5.74, 6) is 1.73. The molecule has 0 aliphatic rings. The van der Waals surface area contributed by atoms with Crippen LogP contribution in [0, 0.1) is 0 Å². The van der Waals surface area contributed by atoms with Crippen LogP contribution in [0.1, 0.15) is 41.9 Å². The first-order valence-electron chi connectivity index (χ1n) is 8.68. The molecule has 3 rings (SSSR count). The highest BCUT2D eigenvalue weighted by Crippen LogP contribution is 2.20. The number of carbonyl (C=O) groups excluding carboxylic acids is 2. The number of urea groups is 1. The van der Waals surface area contributed by atoms with Crippen LogP contribution in [-0.2, 0) is 6.54 Å². The zero-order chi connectivity index (χ0) is 19.6. The van der Waals surface area contributed by atoms with Crippen LogP contribution < -0.4 is 10.6 Å². The normalized spacial score (nSPS) is 11.0. The smallest absolute Gasteiger partial charge is 0.319 e. The van der Waals surface area contributed by atoms with Crippen molar-refractivity contribution in [3.8, 4) is 0 Å². The van der Waals surface area contributed by atoms with Crippen LogP contribution in [0.3, 0.4) is 0 Å². The Morgan fingerprint density at radius 1 is 1.22 bits per heavy atom. The minimum Gasteiger partial charge on any atom is -0.454 e. The fourth-order valence-corrected chi connectivity index (χ4v) is 2.53. The summed E-state index contributed by atoms with van der Waals surface area (Å²) in [4.78, 5) is 33.1. The topological polar surface area (TPSA) is 103 Å². The average Bonchev–Trinajstić information content (AvgIpc) is 3.25. The van der Waals surface area contributed by atoms with Crippen molar-refractivity contribution in [2.45, 2.75) is 26.3 Å². The van der Waals surface area contributed by atoms with E-state index in [1.165, 1.54) is 4.90 Å². The summed E-state index contributed by atoms with van der Waals surface area (Å²) in [5, 5.41) is 5.48. The number of nitrogens with zero attached hydrogens (tertiary/aromatic N) is 2. The second kappa shape index (κ2) is 7.53. The Morgan fingerprint density at radius 2 is 2.00 bits per heavy atom. The van der Waals surface area contributed by atoms with E-state index in [4.69, 9.17) is 4.42 Å². The Hall–Kier alpha value is -3.29. The summed E-state index contributed by atoms with van der Waals surface area (Å²) in [6.45, 7) is 4.31. The number of nitrogens with one attached hydrogen (secondary N) is 3. The van der Waals surface area contributed by atoms with Crippen LogP contribution in [0.2, 0.25) is 0 Å². The number of rotatable bonds is 5. The maximum Gasteiger partial charge on any atom is 0.319 e. The first-order chi connectivity index (χ1) is 12.8. The lowest BCUT2D eigenvalue weighted by Gasteiger charge is -2.07. The SMILES string of the molecule is CC(C)c1nc2ccc(NC(=O)NCc3ccc(C(=O)N(C)C)o3)cc2[nH]1. The number of hydrogen-bond acceptors (Lipinski definition) is 4. The lowest BCUT2D eigenvalue weighted by molar-refractivity contribution is 0.0795. The molecule has 0 aliphatic heterocycles. The van der Waals surface area contributed by atoms with Crippen molar-refractivity contribution < 1.29 is 14.0 Å². The van der Waals surface area contributed by atoms with Gasteiger partial charge in [-0.2, -0.15) is 0 Å². The number of carbonyl (C=O) groups is 2. The van der Waals surface area contributed by atoms with Crippen molar-refractivity contribution in [1.29, 1.82) is 0 Å². The van der Waals surface area contributed by atoms with E-state index in [1.54, 1.807) is 32.3 Å². The number of fused-ring (bicyclic) bond motifs is 1. The van der Waals surface area contributed by atoms with Crippen LogP contribution in [0.15, 0.2) is 34.7 Å². The summed E-state index contributed by atoms with van der Waals surface area (Å²) in [6.07, 6.45) is 0. The molecule has 27 heavy (non-hydrogen) atoms. The highest BCUT2D eigenvalue weighted by Gasteiger charge is 2.13. The molecule has 0 bridgehead atoms. The van der Waals surface area contributed by atoms with Crippen LogP contribution >= 0.6 is 0 Å². The Morgan fingerprint density at radius 3 is 2.70 bits per heavy atom. The number of imidazole rings is 1. The van der Waals surface area contributed by atoms with E-state index in [0.717, 1.165) is 16.9 Å². The van der Waals surface area contributed by atoms with Crippen molar-refractivity contribution in [2.24, 2.45) is 0 Å². The molecule has 3 amide bonds. The summed E-state index contributed by atoms with van der Waals surface area (Å²) in [5.41, 5.74) is 2.38. The minimum absolute atomic E-state index is 0.177. The number of hydrogen-bond donors (Lipinski definition) is 3. The molecule has 0 radical (unpaired) electrons. The lowest BCUT2D eigenvalue weighted by Crippen LogP contribution is -2.28. The van der Waals surface area contributed by atoms with Gasteiger partial charge in [-0.05, 0) is 30.3 Å². The maximum absolute atomic E-state index is 12.1. The third-order valence-electron chi connectivity index (χ3n) is 4.01. The first kappa shape index (κ1) is 18.5. The van der Waals surface area contributed by atoms with Crippen LogP contribution in [0.25, 0.3) is 11.0 Å². The molecule has 0 spiro atoms. The van der Waals surface area contributed by atoms with Gasteiger partial charge in [0.25, 0.3) is 5.91 Å². The van der Waals surface area contributed by atoms with Gasteiger partial charge in [-0.25, -0.2) is 9.78 Å². The zero-order valence-corrected chi connectivity index (χ0v) is 15.8. The van der Waals surface area contributed by atoms with E-state index in [2.05, 4.69) is 34.4 Å². The summed E-state index contributed by atoms with van der Waals surface area (Å²) in [7, 11) is 3.30. The number of amides is 3. The molecule has 0 saturated carbocycles. The Kier molecular flexibility index (Phi) is 5.16. The van der Waals surface area contributed by atoms with E-state index in [1.807, 2.05) is 12.1 Å². The molecule has 2 aromatic heterocycles. The van der Waals surface area contributed by atoms with Gasteiger partial charge >= 0.3 is 6.03 Å². The molecule has 0 saturated heterocycles. The molecular weight excluding hydrogens is 346 g/mol. The number of benzene rings is 1. The van der Waals surface area contributed by atoms with Gasteiger partial charge in [-0.1, -0.05) is 13.8 Å². The van der Waals surface area contributed by atoms with Crippen molar-refractivity contribution in [1.82, 2.24) is 20.2 Å². The van der Waals surface area contributed by atoms with Crippen LogP contribution in [-0.4, -0.2) is 40.9 Å². The fraction of sp³-hybridized carbons (Fsp3) is 0.316. The second-order valence-corrected chi connectivity index (χ2v) is 6.78. The number of aromatic amines is 1.